The van der Waals surface area contributed by atoms with Gasteiger partial charge in [-0.2, -0.15) is 18.4 Å². The molecule has 26 heavy (non-hydrogen) atoms. The van der Waals surface area contributed by atoms with Crippen LogP contribution in [0.5, 0.6) is 0 Å². The Morgan fingerprint density at radius 1 is 1.19 bits per heavy atom. The molecule has 5 atom stereocenters. The van der Waals surface area contributed by atoms with Gasteiger partial charge < -0.3 is 4.90 Å². The van der Waals surface area contributed by atoms with E-state index >= 15 is 0 Å². The number of carbonyl (C=O) groups excluding carboxylic acids is 2. The van der Waals surface area contributed by atoms with Gasteiger partial charge in [-0.15, -0.1) is 23.2 Å². The van der Waals surface area contributed by atoms with Gasteiger partial charge in [0.15, 0.2) is 0 Å². The fourth-order valence-electron chi connectivity index (χ4n) is 4.12. The van der Waals surface area contributed by atoms with E-state index in [1.165, 1.54) is 11.0 Å². The number of nitriles is 1. The van der Waals surface area contributed by atoms with Crippen LogP contribution in [0.1, 0.15) is 17.5 Å². The number of urea groups is 1. The first-order valence-corrected chi connectivity index (χ1v) is 8.60. The predicted octanol–water partition coefficient (Wildman–Crippen LogP) is 3.33. The van der Waals surface area contributed by atoms with E-state index in [-0.39, 0.29) is 11.6 Å². The molecule has 5 nitrogen and oxygen atoms in total. The maximum atomic E-state index is 13.2. The van der Waals surface area contributed by atoms with Crippen molar-refractivity contribution in [3.63, 3.8) is 0 Å². The van der Waals surface area contributed by atoms with Crippen molar-refractivity contribution in [3.8, 4) is 6.07 Å². The van der Waals surface area contributed by atoms with Crippen LogP contribution in [0.4, 0.5) is 23.7 Å². The van der Waals surface area contributed by atoms with Crippen LogP contribution in [0.2, 0.25) is 0 Å². The van der Waals surface area contributed by atoms with E-state index in [9.17, 15) is 22.8 Å². The number of hydrogen-bond acceptors (Lipinski definition) is 3. The number of alkyl halides is 5. The van der Waals surface area contributed by atoms with Crippen molar-refractivity contribution < 1.29 is 22.8 Å². The third kappa shape index (κ3) is 2.17. The number of fused-ring (bicyclic) bond motifs is 5. The number of rotatable bonds is 1. The standard InChI is InChI=1S/C16H10Cl2F3N3O2/c17-11-8-4-10(12(11)18)24-13(8)14(25)23(15(24)26)7-2-1-6(5-22)9(3-7)16(19,20)21/h1-3,8,10-13H,4H2/t8-,10+,11-,12-,13-/m0/s1. The zero-order valence-corrected chi connectivity index (χ0v) is 14.4. The summed E-state index contributed by atoms with van der Waals surface area (Å²) >= 11 is 12.4. The lowest BCUT2D eigenvalue weighted by molar-refractivity contribution is -0.137. The summed E-state index contributed by atoms with van der Waals surface area (Å²) in [5.41, 5.74) is -2.00. The van der Waals surface area contributed by atoms with Crippen molar-refractivity contribution in [2.75, 3.05) is 4.90 Å². The molecule has 4 rings (SSSR count). The Hall–Kier alpha value is -1.98. The summed E-state index contributed by atoms with van der Waals surface area (Å²) in [7, 11) is 0. The van der Waals surface area contributed by atoms with E-state index < -0.39 is 52.1 Å². The smallest absolute Gasteiger partial charge is 0.307 e. The van der Waals surface area contributed by atoms with Crippen LogP contribution in [-0.2, 0) is 11.0 Å². The lowest BCUT2D eigenvalue weighted by Crippen LogP contribution is -2.50. The quantitative estimate of drug-likeness (QED) is 0.533. The number of halogens is 5. The normalized spacial score (nSPS) is 33.0. The lowest BCUT2D eigenvalue weighted by atomic mass is 9.98. The average Bonchev–Trinajstić information content (AvgIpc) is 3.18. The molecule has 136 valence electrons. The average molecular weight is 404 g/mol. The molecule has 0 aromatic heterocycles. The second-order valence-electron chi connectivity index (χ2n) is 6.50. The molecule has 2 bridgehead atoms. The van der Waals surface area contributed by atoms with E-state index in [2.05, 4.69) is 0 Å². The number of piperidine rings is 1. The molecule has 2 aliphatic heterocycles. The zero-order valence-electron chi connectivity index (χ0n) is 12.9. The van der Waals surface area contributed by atoms with Crippen molar-refractivity contribution >= 4 is 40.8 Å². The number of hydrogen-bond donors (Lipinski definition) is 0. The molecule has 3 aliphatic rings. The first-order chi connectivity index (χ1) is 12.2. The number of benzene rings is 1. The number of anilines is 1. The Bertz CT molecular complexity index is 837. The van der Waals surface area contributed by atoms with Gasteiger partial charge in [-0.3, -0.25) is 4.79 Å². The van der Waals surface area contributed by atoms with E-state index in [1.807, 2.05) is 0 Å². The molecule has 2 heterocycles. The van der Waals surface area contributed by atoms with Crippen LogP contribution < -0.4 is 4.90 Å². The molecule has 0 N–H and O–H groups in total. The van der Waals surface area contributed by atoms with Crippen molar-refractivity contribution in [1.29, 1.82) is 5.26 Å². The second-order valence-corrected chi connectivity index (χ2v) is 7.51. The fraction of sp³-hybridized carbons (Fsp3) is 0.438. The Morgan fingerprint density at radius 3 is 2.50 bits per heavy atom. The minimum Gasteiger partial charge on any atom is -0.307 e. The molecule has 1 aromatic rings. The molecule has 3 amide bonds. The summed E-state index contributed by atoms with van der Waals surface area (Å²) < 4.78 is 39.5. The SMILES string of the molecule is N#Cc1ccc(N2C(=O)[C@@H]3[C@H]4C[C@H]([C@H](Cl)[C@H]4Cl)N3C2=O)cc1C(F)(F)F. The number of amides is 3. The van der Waals surface area contributed by atoms with Crippen molar-refractivity contribution in [2.45, 2.75) is 35.4 Å². The summed E-state index contributed by atoms with van der Waals surface area (Å²) in [4.78, 5) is 27.6. The highest BCUT2D eigenvalue weighted by Gasteiger charge is 2.65. The number of carbonyl (C=O) groups is 2. The Morgan fingerprint density at radius 2 is 1.88 bits per heavy atom. The highest BCUT2D eigenvalue weighted by molar-refractivity contribution is 6.32. The number of imide groups is 1. The molecule has 3 fully saturated rings. The van der Waals surface area contributed by atoms with Crippen LogP contribution >= 0.6 is 23.2 Å². The summed E-state index contributed by atoms with van der Waals surface area (Å²) in [5.74, 6) is -0.944. The Kier molecular flexibility index (Phi) is 3.69. The lowest BCUT2D eigenvalue weighted by Gasteiger charge is -2.32. The first kappa shape index (κ1) is 17.4. The molecular weight excluding hydrogens is 394 g/mol. The van der Waals surface area contributed by atoms with E-state index in [0.29, 0.717) is 12.5 Å². The Labute approximate surface area is 155 Å². The molecule has 1 aliphatic carbocycles. The van der Waals surface area contributed by atoms with Crippen molar-refractivity contribution in [2.24, 2.45) is 5.92 Å². The summed E-state index contributed by atoms with van der Waals surface area (Å²) in [6.45, 7) is 0. The summed E-state index contributed by atoms with van der Waals surface area (Å²) in [5, 5.41) is 7.88. The zero-order chi connectivity index (χ0) is 19.0. The molecule has 10 heteroatoms. The van der Waals surface area contributed by atoms with Crippen LogP contribution in [0, 0.1) is 17.2 Å². The summed E-state index contributed by atoms with van der Waals surface area (Å²) in [6, 6.07) is 2.28. The van der Waals surface area contributed by atoms with Crippen LogP contribution in [0.3, 0.4) is 0 Å². The maximum Gasteiger partial charge on any atom is 0.417 e. The van der Waals surface area contributed by atoms with Gasteiger partial charge in [-0.1, -0.05) is 0 Å². The van der Waals surface area contributed by atoms with Gasteiger partial charge in [-0.25, -0.2) is 9.69 Å². The maximum absolute atomic E-state index is 13.2. The first-order valence-electron chi connectivity index (χ1n) is 7.72. The van der Waals surface area contributed by atoms with Crippen LogP contribution in [0.25, 0.3) is 0 Å². The third-order valence-electron chi connectivity index (χ3n) is 5.23. The minimum absolute atomic E-state index is 0.225. The third-order valence-corrected chi connectivity index (χ3v) is 6.52. The van der Waals surface area contributed by atoms with Gasteiger partial charge in [0.1, 0.15) is 6.04 Å². The molecule has 0 spiro atoms. The van der Waals surface area contributed by atoms with E-state index in [1.54, 1.807) is 0 Å². The molecule has 0 radical (unpaired) electrons. The van der Waals surface area contributed by atoms with Crippen molar-refractivity contribution in [1.82, 2.24) is 4.90 Å². The number of nitrogens with zero attached hydrogens (tertiary/aromatic N) is 3. The van der Waals surface area contributed by atoms with Crippen molar-refractivity contribution in [3.05, 3.63) is 29.3 Å². The van der Waals surface area contributed by atoms with Gasteiger partial charge in [-0.05, 0) is 24.6 Å². The highest BCUT2D eigenvalue weighted by atomic mass is 35.5. The Balaban J connectivity index is 1.76. The van der Waals surface area contributed by atoms with Gasteiger partial charge in [0.25, 0.3) is 5.91 Å². The monoisotopic (exact) mass is 403 g/mol. The van der Waals surface area contributed by atoms with Gasteiger partial charge in [0.05, 0.1) is 39.7 Å². The summed E-state index contributed by atoms with van der Waals surface area (Å²) in [6.07, 6.45) is -4.29. The molecule has 1 saturated carbocycles. The largest absolute Gasteiger partial charge is 0.417 e. The fourth-order valence-corrected chi connectivity index (χ4v) is 4.94. The minimum atomic E-state index is -4.79. The molecule has 2 saturated heterocycles. The second kappa shape index (κ2) is 5.51. The highest BCUT2D eigenvalue weighted by Crippen LogP contribution is 2.51. The van der Waals surface area contributed by atoms with Crippen LogP contribution in [0.15, 0.2) is 18.2 Å². The predicted molar refractivity (Wildman–Crippen MR) is 85.8 cm³/mol. The van der Waals surface area contributed by atoms with Gasteiger partial charge in [0, 0.05) is 5.92 Å². The van der Waals surface area contributed by atoms with Gasteiger partial charge in [0.2, 0.25) is 0 Å². The van der Waals surface area contributed by atoms with E-state index in [0.717, 1.165) is 17.0 Å². The molecule has 1 aromatic carbocycles. The van der Waals surface area contributed by atoms with E-state index in [4.69, 9.17) is 28.5 Å². The van der Waals surface area contributed by atoms with Crippen LogP contribution in [-0.4, -0.2) is 39.7 Å². The van der Waals surface area contributed by atoms with Gasteiger partial charge >= 0.3 is 12.2 Å². The topological polar surface area (TPSA) is 64.4 Å². The molecule has 0 unspecified atom stereocenters. The molecular formula is C16H10Cl2F3N3O2.